The highest BCUT2D eigenvalue weighted by atomic mass is 32.2. The van der Waals surface area contributed by atoms with Gasteiger partial charge in [0.15, 0.2) is 16.0 Å². The molecular weight excluding hydrogens is 614 g/mol. The van der Waals surface area contributed by atoms with Gasteiger partial charge in [0, 0.05) is 38.3 Å². The number of carboxylic acids is 1. The zero-order chi connectivity index (χ0) is 31.2. The number of aliphatic carboxylic acids is 1. The lowest BCUT2D eigenvalue weighted by Crippen LogP contribution is -2.49. The number of carbonyl (C=O) groups excluding carboxylic acids is 2. The fourth-order valence-electron chi connectivity index (χ4n) is 5.14. The molecule has 44 heavy (non-hydrogen) atoms. The highest BCUT2D eigenvalue weighted by molar-refractivity contribution is 8.26. The molecule has 3 aliphatic rings. The van der Waals surface area contributed by atoms with Crippen molar-refractivity contribution in [2.24, 2.45) is 5.92 Å². The number of hydrazine groups is 1. The summed E-state index contributed by atoms with van der Waals surface area (Å²) >= 11 is 6.48. The van der Waals surface area contributed by atoms with Gasteiger partial charge in [-0.1, -0.05) is 36.1 Å². The molecule has 0 saturated carbocycles. The van der Waals surface area contributed by atoms with E-state index in [0.29, 0.717) is 74.7 Å². The summed E-state index contributed by atoms with van der Waals surface area (Å²) in [6.07, 6.45) is 2.39. The number of thioether (sulfide) groups is 1. The van der Waals surface area contributed by atoms with Gasteiger partial charge >= 0.3 is 5.97 Å². The number of carboxylic acid groups (broad SMARTS) is 1. The Hall–Kier alpha value is -3.43. The molecule has 2 aromatic rings. The molecule has 10 nitrogen and oxygen atoms in total. The van der Waals surface area contributed by atoms with Crippen LogP contribution < -0.4 is 10.2 Å². The summed E-state index contributed by atoms with van der Waals surface area (Å²) in [5.41, 5.74) is 4.42. The van der Waals surface area contributed by atoms with Crippen LogP contribution in [0.25, 0.3) is 17.2 Å². The summed E-state index contributed by atoms with van der Waals surface area (Å²) in [7, 11) is 0. The van der Waals surface area contributed by atoms with Crippen LogP contribution in [0.15, 0.2) is 41.3 Å². The Labute approximate surface area is 262 Å². The number of halogens is 2. The molecule has 3 heterocycles. The van der Waals surface area contributed by atoms with Crippen LogP contribution in [0, 0.1) is 17.6 Å². The van der Waals surface area contributed by atoms with Gasteiger partial charge in [-0.05, 0) is 54.3 Å². The van der Waals surface area contributed by atoms with Crippen molar-refractivity contribution >= 4 is 52.2 Å². The van der Waals surface area contributed by atoms with Crippen LogP contribution in [-0.4, -0.2) is 101 Å². The third-order valence-corrected chi connectivity index (χ3v) is 9.00. The number of nitrogens with one attached hydrogen (secondary N) is 1. The summed E-state index contributed by atoms with van der Waals surface area (Å²) in [6.45, 7) is 4.50. The Bertz CT molecular complexity index is 1460. The molecule has 0 aromatic heterocycles. The van der Waals surface area contributed by atoms with Gasteiger partial charge in [0.25, 0.3) is 5.91 Å². The quantitative estimate of drug-likeness (QED) is 0.295. The first-order valence-corrected chi connectivity index (χ1v) is 15.5. The lowest BCUT2D eigenvalue weighted by atomic mass is 9.97. The standard InChI is InChI=1S/C30H32F2N4O6S2/c31-23-3-1-21(16-24(23)32)20-2-4-25(42-14-11-34-9-12-41-13-10-34)22(15-20)17-26-28(38)36(30(43)44-26)33-18-27(37)35-7-5-19(6-8-35)29(39)40/h1-4,15-17,19,33H,5-14,18H2,(H,39,40). The van der Waals surface area contributed by atoms with E-state index in [4.69, 9.17) is 21.7 Å². The molecule has 0 spiro atoms. The van der Waals surface area contributed by atoms with Crippen LogP contribution in [-0.2, 0) is 19.1 Å². The lowest BCUT2D eigenvalue weighted by molar-refractivity contribution is -0.145. The number of carbonyl (C=O) groups is 3. The van der Waals surface area contributed by atoms with Gasteiger partial charge < -0.3 is 19.5 Å². The highest BCUT2D eigenvalue weighted by Crippen LogP contribution is 2.35. The van der Waals surface area contributed by atoms with E-state index in [1.54, 1.807) is 29.2 Å². The van der Waals surface area contributed by atoms with Gasteiger partial charge in [-0.2, -0.15) is 0 Å². The second-order valence-electron chi connectivity index (χ2n) is 10.5. The van der Waals surface area contributed by atoms with Gasteiger partial charge in [-0.3, -0.25) is 19.3 Å². The van der Waals surface area contributed by atoms with Crippen molar-refractivity contribution in [2.45, 2.75) is 12.8 Å². The summed E-state index contributed by atoms with van der Waals surface area (Å²) in [5.74, 6) is -3.45. The van der Waals surface area contributed by atoms with E-state index in [2.05, 4.69) is 10.3 Å². The Balaban J connectivity index is 1.30. The molecule has 3 fully saturated rings. The topological polar surface area (TPSA) is 112 Å². The van der Waals surface area contributed by atoms with E-state index in [1.165, 1.54) is 6.07 Å². The van der Waals surface area contributed by atoms with E-state index in [1.807, 2.05) is 0 Å². The Morgan fingerprint density at radius 2 is 1.77 bits per heavy atom. The average molecular weight is 647 g/mol. The van der Waals surface area contributed by atoms with Gasteiger partial charge in [0.05, 0.1) is 30.6 Å². The molecule has 234 valence electrons. The molecule has 0 atom stereocenters. The van der Waals surface area contributed by atoms with E-state index in [-0.39, 0.29) is 21.7 Å². The number of hydrogen-bond acceptors (Lipinski definition) is 9. The minimum Gasteiger partial charge on any atom is -0.492 e. The first kappa shape index (κ1) is 32.0. The molecule has 2 aromatic carbocycles. The Morgan fingerprint density at radius 1 is 1.07 bits per heavy atom. The second kappa shape index (κ2) is 14.6. The maximum absolute atomic E-state index is 14.0. The number of benzene rings is 2. The van der Waals surface area contributed by atoms with Crippen LogP contribution >= 0.6 is 24.0 Å². The predicted octanol–water partition coefficient (Wildman–Crippen LogP) is 3.37. The monoisotopic (exact) mass is 646 g/mol. The van der Waals surface area contributed by atoms with E-state index < -0.39 is 29.4 Å². The van der Waals surface area contributed by atoms with E-state index in [0.717, 1.165) is 42.0 Å². The van der Waals surface area contributed by atoms with Crippen LogP contribution in [0.4, 0.5) is 8.78 Å². The van der Waals surface area contributed by atoms with Crippen molar-refractivity contribution in [3.63, 3.8) is 0 Å². The molecule has 0 aliphatic carbocycles. The van der Waals surface area contributed by atoms with Crippen molar-refractivity contribution in [1.29, 1.82) is 0 Å². The van der Waals surface area contributed by atoms with E-state index >= 15 is 0 Å². The second-order valence-corrected chi connectivity index (χ2v) is 12.2. The number of rotatable bonds is 10. The van der Waals surface area contributed by atoms with Crippen LogP contribution in [0.5, 0.6) is 5.75 Å². The molecule has 2 amide bonds. The number of thiocarbonyl (C=S) groups is 1. The van der Waals surface area contributed by atoms with Gasteiger partial charge in [0.1, 0.15) is 12.4 Å². The average Bonchev–Trinajstić information content (AvgIpc) is 3.29. The molecule has 5 rings (SSSR count). The lowest BCUT2D eigenvalue weighted by Gasteiger charge is -2.30. The number of ether oxygens (including phenoxy) is 2. The van der Waals surface area contributed by atoms with Gasteiger partial charge in [-0.25, -0.2) is 19.2 Å². The molecule has 3 aliphatic heterocycles. The minimum atomic E-state index is -0.970. The largest absolute Gasteiger partial charge is 0.492 e. The van der Waals surface area contributed by atoms with Gasteiger partial charge in [0.2, 0.25) is 5.91 Å². The van der Waals surface area contributed by atoms with Crippen molar-refractivity contribution in [2.75, 3.05) is 59.1 Å². The van der Waals surface area contributed by atoms with Crippen molar-refractivity contribution in [1.82, 2.24) is 20.2 Å². The SMILES string of the molecule is O=C(O)C1CCN(C(=O)CNN2C(=O)C(=Cc3cc(-c4ccc(F)c(F)c4)ccc3OCCN3CCOCC3)SC2=S)CC1. The summed E-state index contributed by atoms with van der Waals surface area (Å²) in [4.78, 5) is 41.4. The van der Waals surface area contributed by atoms with Crippen molar-refractivity contribution in [3.05, 3.63) is 58.5 Å². The van der Waals surface area contributed by atoms with E-state index in [9.17, 15) is 28.3 Å². The predicted molar refractivity (Wildman–Crippen MR) is 165 cm³/mol. The maximum atomic E-state index is 14.0. The third kappa shape index (κ3) is 7.80. The number of amides is 2. The molecule has 2 N–H and O–H groups in total. The third-order valence-electron chi connectivity index (χ3n) is 7.70. The Kier molecular flexibility index (Phi) is 10.6. The molecule has 0 radical (unpaired) electrons. The summed E-state index contributed by atoms with van der Waals surface area (Å²) in [6, 6.07) is 8.85. The van der Waals surface area contributed by atoms with Crippen LogP contribution in [0.2, 0.25) is 0 Å². The zero-order valence-electron chi connectivity index (χ0n) is 23.8. The fraction of sp³-hybridized carbons (Fsp3) is 0.400. The molecule has 3 saturated heterocycles. The number of nitrogens with zero attached hydrogens (tertiary/aromatic N) is 3. The molecule has 0 bridgehead atoms. The molecular formula is C30H32F2N4O6S2. The van der Waals surface area contributed by atoms with Gasteiger partial charge in [-0.15, -0.1) is 0 Å². The highest BCUT2D eigenvalue weighted by Gasteiger charge is 2.34. The first-order chi connectivity index (χ1) is 21.2. The number of morpholine rings is 1. The molecule has 0 unspecified atom stereocenters. The van der Waals surface area contributed by atoms with Crippen LogP contribution in [0.1, 0.15) is 18.4 Å². The first-order valence-electron chi connectivity index (χ1n) is 14.2. The smallest absolute Gasteiger partial charge is 0.306 e. The minimum absolute atomic E-state index is 0.182. The number of likely N-dealkylation sites (tertiary alicyclic amines) is 1. The number of hydrogen-bond donors (Lipinski definition) is 2. The summed E-state index contributed by atoms with van der Waals surface area (Å²) < 4.78 is 39.3. The zero-order valence-corrected chi connectivity index (χ0v) is 25.4. The summed E-state index contributed by atoms with van der Waals surface area (Å²) in [5, 5.41) is 10.3. The molecule has 14 heteroatoms. The normalized spacial score (nSPS) is 19.2. The van der Waals surface area contributed by atoms with Crippen molar-refractivity contribution in [3.8, 4) is 16.9 Å². The maximum Gasteiger partial charge on any atom is 0.306 e. The number of piperidine rings is 1. The Morgan fingerprint density at radius 3 is 2.48 bits per heavy atom. The van der Waals surface area contributed by atoms with Crippen LogP contribution in [0.3, 0.4) is 0 Å². The van der Waals surface area contributed by atoms with Crippen molar-refractivity contribution < 1.29 is 37.7 Å². The fourth-order valence-corrected chi connectivity index (χ4v) is 6.35.